The number of hydrogen-bond acceptors (Lipinski definition) is 3. The van der Waals surface area contributed by atoms with Crippen LogP contribution in [-0.4, -0.2) is 27.9 Å². The number of nitrogens with zero attached hydrogens (tertiary/aromatic N) is 2. The summed E-state index contributed by atoms with van der Waals surface area (Å²) in [5.41, 5.74) is 1.81. The summed E-state index contributed by atoms with van der Waals surface area (Å²) < 4.78 is 7.22. The monoisotopic (exact) mass is 198 g/mol. The first kappa shape index (κ1) is 11.2. The van der Waals surface area contributed by atoms with E-state index in [1.54, 1.807) is 6.33 Å². The highest BCUT2D eigenvalue weighted by molar-refractivity contribution is 5.09. The Morgan fingerprint density at radius 2 is 2.36 bits per heavy atom. The summed E-state index contributed by atoms with van der Waals surface area (Å²) in [5, 5.41) is 9.10. The Bertz CT molecular complexity index is 271. The number of ether oxygens (including phenoxy) is 1. The van der Waals surface area contributed by atoms with E-state index in [4.69, 9.17) is 9.84 Å². The van der Waals surface area contributed by atoms with Gasteiger partial charge >= 0.3 is 0 Å². The fraction of sp³-hybridized carbons (Fsp3) is 0.700. The first-order chi connectivity index (χ1) is 6.79. The lowest BCUT2D eigenvalue weighted by Crippen LogP contribution is -2.05. The van der Waals surface area contributed by atoms with Gasteiger partial charge in [0.25, 0.3) is 0 Å². The molecule has 0 aliphatic rings. The minimum absolute atomic E-state index is 0.0560. The van der Waals surface area contributed by atoms with E-state index in [-0.39, 0.29) is 6.61 Å². The van der Waals surface area contributed by atoms with Gasteiger partial charge in [0, 0.05) is 19.8 Å². The van der Waals surface area contributed by atoms with Crippen molar-refractivity contribution in [3.05, 3.63) is 17.7 Å². The number of hydrogen-bond donors (Lipinski definition) is 1. The van der Waals surface area contributed by atoms with Gasteiger partial charge in [-0.3, -0.25) is 0 Å². The predicted molar refractivity (Wildman–Crippen MR) is 54.0 cm³/mol. The molecule has 0 fully saturated rings. The fourth-order valence-corrected chi connectivity index (χ4v) is 1.39. The van der Waals surface area contributed by atoms with E-state index in [2.05, 4.69) is 4.98 Å². The van der Waals surface area contributed by atoms with E-state index in [1.807, 2.05) is 18.4 Å². The van der Waals surface area contributed by atoms with Gasteiger partial charge in [-0.2, -0.15) is 0 Å². The Hall–Kier alpha value is -0.870. The number of imidazole rings is 1. The first-order valence-electron chi connectivity index (χ1n) is 4.98. The molecule has 0 bridgehead atoms. The van der Waals surface area contributed by atoms with Gasteiger partial charge in [0.2, 0.25) is 0 Å². The average Bonchev–Trinajstić information content (AvgIpc) is 2.54. The zero-order valence-electron chi connectivity index (χ0n) is 8.86. The Balaban J connectivity index is 2.42. The van der Waals surface area contributed by atoms with Crippen molar-refractivity contribution in [2.45, 2.75) is 33.4 Å². The minimum Gasteiger partial charge on any atom is -0.390 e. The maximum absolute atomic E-state index is 9.10. The van der Waals surface area contributed by atoms with Crippen LogP contribution in [0.25, 0.3) is 0 Å². The molecular weight excluding hydrogens is 180 g/mol. The van der Waals surface area contributed by atoms with E-state index in [9.17, 15) is 0 Å². The summed E-state index contributed by atoms with van der Waals surface area (Å²) in [5.74, 6) is 0. The molecule has 4 heteroatoms. The lowest BCUT2D eigenvalue weighted by Gasteiger charge is -2.06. The zero-order valence-corrected chi connectivity index (χ0v) is 8.86. The van der Waals surface area contributed by atoms with Crippen molar-refractivity contribution in [2.24, 2.45) is 0 Å². The number of aromatic nitrogens is 2. The van der Waals surface area contributed by atoms with Crippen LogP contribution in [0.1, 0.15) is 24.7 Å². The van der Waals surface area contributed by atoms with Crippen LogP contribution in [0.15, 0.2) is 6.33 Å². The highest BCUT2D eigenvalue weighted by Crippen LogP contribution is 2.06. The third-order valence-electron chi connectivity index (χ3n) is 2.20. The number of rotatable bonds is 6. The topological polar surface area (TPSA) is 47.3 Å². The molecule has 1 aromatic rings. The van der Waals surface area contributed by atoms with Crippen molar-refractivity contribution in [1.29, 1.82) is 0 Å². The maximum atomic E-state index is 9.10. The summed E-state index contributed by atoms with van der Waals surface area (Å²) >= 11 is 0. The SMILES string of the molecule is CCOCCCn1cnc(C)c1CO. The molecule has 1 aromatic heterocycles. The van der Waals surface area contributed by atoms with E-state index in [1.165, 1.54) is 0 Å². The molecule has 4 nitrogen and oxygen atoms in total. The Labute approximate surface area is 84.5 Å². The van der Waals surface area contributed by atoms with Crippen LogP contribution >= 0.6 is 0 Å². The second-order valence-electron chi connectivity index (χ2n) is 3.18. The van der Waals surface area contributed by atoms with Crippen molar-refractivity contribution >= 4 is 0 Å². The van der Waals surface area contributed by atoms with E-state index >= 15 is 0 Å². The number of aliphatic hydroxyl groups is 1. The van der Waals surface area contributed by atoms with Crippen LogP contribution in [-0.2, 0) is 17.9 Å². The smallest absolute Gasteiger partial charge is 0.0952 e. The van der Waals surface area contributed by atoms with Crippen molar-refractivity contribution in [2.75, 3.05) is 13.2 Å². The van der Waals surface area contributed by atoms with E-state index in [0.717, 1.165) is 37.6 Å². The van der Waals surface area contributed by atoms with Crippen LogP contribution in [0, 0.1) is 6.92 Å². The maximum Gasteiger partial charge on any atom is 0.0952 e. The Morgan fingerprint density at radius 1 is 1.57 bits per heavy atom. The molecule has 14 heavy (non-hydrogen) atoms. The van der Waals surface area contributed by atoms with Crippen LogP contribution in [0.4, 0.5) is 0 Å². The lowest BCUT2D eigenvalue weighted by atomic mass is 10.3. The number of aryl methyl sites for hydroxylation is 2. The van der Waals surface area contributed by atoms with Gasteiger partial charge in [0.05, 0.1) is 24.3 Å². The summed E-state index contributed by atoms with van der Waals surface area (Å²) in [7, 11) is 0. The molecule has 0 atom stereocenters. The van der Waals surface area contributed by atoms with Gasteiger partial charge < -0.3 is 14.4 Å². The van der Waals surface area contributed by atoms with Gasteiger partial charge in [0.1, 0.15) is 0 Å². The highest BCUT2D eigenvalue weighted by atomic mass is 16.5. The van der Waals surface area contributed by atoms with Gasteiger partial charge in [-0.05, 0) is 20.3 Å². The molecule has 80 valence electrons. The van der Waals surface area contributed by atoms with Crippen molar-refractivity contribution in [3.63, 3.8) is 0 Å². The molecule has 1 N–H and O–H groups in total. The Kier molecular flexibility index (Phi) is 4.62. The molecule has 0 amide bonds. The van der Waals surface area contributed by atoms with Gasteiger partial charge in [0.15, 0.2) is 0 Å². The molecule has 0 aromatic carbocycles. The fourth-order valence-electron chi connectivity index (χ4n) is 1.39. The average molecular weight is 198 g/mol. The third kappa shape index (κ3) is 2.82. The van der Waals surface area contributed by atoms with E-state index in [0.29, 0.717) is 0 Å². The second kappa shape index (κ2) is 5.78. The summed E-state index contributed by atoms with van der Waals surface area (Å²) in [6.07, 6.45) is 2.73. The lowest BCUT2D eigenvalue weighted by molar-refractivity contribution is 0.141. The van der Waals surface area contributed by atoms with Crippen LogP contribution < -0.4 is 0 Å². The summed E-state index contributed by atoms with van der Waals surface area (Å²) in [6.45, 7) is 6.33. The molecule has 0 aliphatic heterocycles. The predicted octanol–water partition coefficient (Wildman–Crippen LogP) is 1.11. The molecule has 1 rings (SSSR count). The quantitative estimate of drug-likeness (QED) is 0.696. The van der Waals surface area contributed by atoms with Crippen molar-refractivity contribution < 1.29 is 9.84 Å². The number of aliphatic hydroxyl groups excluding tert-OH is 1. The summed E-state index contributed by atoms with van der Waals surface area (Å²) in [6, 6.07) is 0. The first-order valence-corrected chi connectivity index (χ1v) is 4.98. The van der Waals surface area contributed by atoms with Gasteiger partial charge in [-0.15, -0.1) is 0 Å². The normalized spacial score (nSPS) is 10.8. The largest absolute Gasteiger partial charge is 0.390 e. The molecule has 0 aliphatic carbocycles. The summed E-state index contributed by atoms with van der Waals surface area (Å²) in [4.78, 5) is 4.15. The molecule has 1 heterocycles. The standard InChI is InChI=1S/C10H18N2O2/c1-3-14-6-4-5-12-8-11-9(2)10(12)7-13/h8,13H,3-7H2,1-2H3. The molecule has 0 radical (unpaired) electrons. The van der Waals surface area contributed by atoms with Crippen molar-refractivity contribution in [1.82, 2.24) is 9.55 Å². The molecule has 0 saturated heterocycles. The minimum atomic E-state index is 0.0560. The molecular formula is C10H18N2O2. The third-order valence-corrected chi connectivity index (χ3v) is 2.20. The Morgan fingerprint density at radius 3 is 3.00 bits per heavy atom. The molecule has 0 spiro atoms. The van der Waals surface area contributed by atoms with E-state index < -0.39 is 0 Å². The molecule has 0 saturated carbocycles. The second-order valence-corrected chi connectivity index (χ2v) is 3.18. The van der Waals surface area contributed by atoms with Gasteiger partial charge in [-0.25, -0.2) is 4.98 Å². The van der Waals surface area contributed by atoms with Gasteiger partial charge in [-0.1, -0.05) is 0 Å². The highest BCUT2D eigenvalue weighted by Gasteiger charge is 2.04. The van der Waals surface area contributed by atoms with Crippen molar-refractivity contribution in [3.8, 4) is 0 Å². The van der Waals surface area contributed by atoms with Crippen LogP contribution in [0.5, 0.6) is 0 Å². The van der Waals surface area contributed by atoms with Crippen LogP contribution in [0.2, 0.25) is 0 Å². The van der Waals surface area contributed by atoms with Crippen LogP contribution in [0.3, 0.4) is 0 Å². The molecule has 0 unspecified atom stereocenters. The zero-order chi connectivity index (χ0) is 10.4.